The van der Waals surface area contributed by atoms with Gasteiger partial charge in [-0.2, -0.15) is 0 Å². The Kier molecular flexibility index (Phi) is 3.59. The highest BCUT2D eigenvalue weighted by molar-refractivity contribution is 5.79. The highest BCUT2D eigenvalue weighted by Gasteiger charge is 2.11. The molecule has 0 fully saturated rings. The average molecular weight is 292 g/mol. The van der Waals surface area contributed by atoms with Crippen LogP contribution in [0.5, 0.6) is 5.75 Å². The molecule has 0 saturated heterocycles. The summed E-state index contributed by atoms with van der Waals surface area (Å²) in [4.78, 5) is 20.6. The topological polar surface area (TPSA) is 63.1 Å². The van der Waals surface area contributed by atoms with E-state index in [2.05, 4.69) is 9.97 Å². The molecule has 3 aromatic rings. The number of hydrogen-bond donors (Lipinski definition) is 1. The van der Waals surface area contributed by atoms with Gasteiger partial charge in [0.15, 0.2) is 11.4 Å². The van der Waals surface area contributed by atoms with Crippen LogP contribution in [-0.4, -0.2) is 15.1 Å². The van der Waals surface area contributed by atoms with Crippen LogP contribution in [0.2, 0.25) is 0 Å². The maximum absolute atomic E-state index is 12.0. The molecule has 0 atom stereocenters. The van der Waals surface area contributed by atoms with Crippen LogP contribution in [0.3, 0.4) is 0 Å². The van der Waals surface area contributed by atoms with Crippen LogP contribution >= 0.6 is 0 Å². The molecule has 110 valence electrons. The predicted octanol–water partition coefficient (Wildman–Crippen LogP) is 3.49. The zero-order valence-corrected chi connectivity index (χ0v) is 12.4. The van der Waals surface area contributed by atoms with Gasteiger partial charge in [0, 0.05) is 17.1 Å². The van der Waals surface area contributed by atoms with Gasteiger partial charge in [-0.15, -0.1) is 0 Å². The molecule has 0 aliphatic heterocycles. The Hall–Kier alpha value is -2.75. The van der Waals surface area contributed by atoms with Gasteiger partial charge >= 0.3 is 0 Å². The van der Waals surface area contributed by atoms with Gasteiger partial charge in [-0.25, -0.2) is 9.97 Å². The van der Waals surface area contributed by atoms with Crippen LogP contribution in [0.4, 0.5) is 0 Å². The van der Waals surface area contributed by atoms with E-state index in [0.717, 1.165) is 10.9 Å². The fourth-order valence-corrected chi connectivity index (χ4v) is 2.32. The normalized spacial score (nSPS) is 11.0. The predicted molar refractivity (Wildman–Crippen MR) is 87.0 cm³/mol. The van der Waals surface area contributed by atoms with Crippen molar-refractivity contribution in [1.82, 2.24) is 9.97 Å². The van der Waals surface area contributed by atoms with Crippen molar-refractivity contribution in [2.24, 2.45) is 0 Å². The average Bonchev–Trinajstić information content (AvgIpc) is 2.67. The van der Waals surface area contributed by atoms with Gasteiger partial charge in [0.1, 0.15) is 0 Å². The van der Waals surface area contributed by atoms with Crippen molar-refractivity contribution in [3.63, 3.8) is 0 Å². The molecule has 0 saturated carbocycles. The van der Waals surface area contributed by atoms with Crippen molar-refractivity contribution >= 4 is 11.0 Å². The van der Waals surface area contributed by atoms with Crippen LogP contribution in [0.1, 0.15) is 25.3 Å². The highest BCUT2D eigenvalue weighted by atomic mass is 16.3. The van der Waals surface area contributed by atoms with E-state index in [1.54, 1.807) is 18.3 Å². The van der Waals surface area contributed by atoms with Gasteiger partial charge in [-0.1, -0.05) is 19.9 Å². The zero-order valence-electron chi connectivity index (χ0n) is 12.4. The second-order valence-electron chi connectivity index (χ2n) is 5.51. The summed E-state index contributed by atoms with van der Waals surface area (Å²) < 4.78 is 0. The molecule has 22 heavy (non-hydrogen) atoms. The maximum atomic E-state index is 12.0. The van der Waals surface area contributed by atoms with E-state index in [-0.39, 0.29) is 11.7 Å². The van der Waals surface area contributed by atoms with E-state index in [4.69, 9.17) is 0 Å². The molecule has 4 heteroatoms. The van der Waals surface area contributed by atoms with Crippen LogP contribution in [-0.2, 0) is 0 Å². The van der Waals surface area contributed by atoms with Crippen molar-refractivity contribution in [1.29, 1.82) is 0 Å². The minimum absolute atomic E-state index is 0.239. The zero-order chi connectivity index (χ0) is 15.7. The SMILES string of the molecule is CC(C)c1ccc(=O)c(O)c(-c2ccc3cccnc3n2)c1. The number of pyridine rings is 2. The van der Waals surface area contributed by atoms with Crippen LogP contribution in [0.25, 0.3) is 22.3 Å². The molecule has 0 spiro atoms. The number of aromatic hydroxyl groups is 1. The molecule has 0 aliphatic carbocycles. The molecule has 3 rings (SSSR count). The number of rotatable bonds is 2. The molecule has 2 aromatic heterocycles. The molecule has 0 unspecified atom stereocenters. The van der Waals surface area contributed by atoms with Gasteiger partial charge < -0.3 is 5.11 Å². The third-order valence-electron chi connectivity index (χ3n) is 3.63. The van der Waals surface area contributed by atoms with Crippen LogP contribution in [0, 0.1) is 0 Å². The molecule has 0 aliphatic rings. The Morgan fingerprint density at radius 3 is 2.68 bits per heavy atom. The molecule has 0 bridgehead atoms. The number of nitrogens with zero attached hydrogens (tertiary/aromatic N) is 2. The van der Waals surface area contributed by atoms with E-state index in [0.29, 0.717) is 16.9 Å². The lowest BCUT2D eigenvalue weighted by Gasteiger charge is -2.05. The van der Waals surface area contributed by atoms with Crippen molar-refractivity contribution in [2.45, 2.75) is 19.8 Å². The fraction of sp³-hybridized carbons (Fsp3) is 0.167. The van der Waals surface area contributed by atoms with Gasteiger partial charge in [0.25, 0.3) is 0 Å². The summed E-state index contributed by atoms with van der Waals surface area (Å²) >= 11 is 0. The number of aromatic nitrogens is 2. The summed E-state index contributed by atoms with van der Waals surface area (Å²) in [6.45, 7) is 4.08. The first-order valence-corrected chi connectivity index (χ1v) is 7.15. The lowest BCUT2D eigenvalue weighted by atomic mass is 10.0. The molecular weight excluding hydrogens is 276 g/mol. The molecule has 2 heterocycles. The first kappa shape index (κ1) is 14.2. The molecule has 4 nitrogen and oxygen atoms in total. The van der Waals surface area contributed by atoms with Crippen molar-refractivity contribution in [3.8, 4) is 17.0 Å². The summed E-state index contributed by atoms with van der Waals surface area (Å²) in [6.07, 6.45) is 1.67. The van der Waals surface area contributed by atoms with Gasteiger partial charge in [0.05, 0.1) is 5.69 Å². The molecular formula is C18H16N2O2. The van der Waals surface area contributed by atoms with Crippen molar-refractivity contribution in [2.75, 3.05) is 0 Å². The van der Waals surface area contributed by atoms with E-state index < -0.39 is 5.43 Å². The van der Waals surface area contributed by atoms with Gasteiger partial charge in [-0.3, -0.25) is 4.79 Å². The summed E-state index contributed by atoms with van der Waals surface area (Å²) in [5, 5.41) is 11.1. The van der Waals surface area contributed by atoms with E-state index >= 15 is 0 Å². The molecule has 1 N–H and O–H groups in total. The summed E-state index contributed by atoms with van der Waals surface area (Å²) in [5.41, 5.74) is 2.12. The number of hydrogen-bond acceptors (Lipinski definition) is 4. The molecule has 1 aromatic carbocycles. The van der Waals surface area contributed by atoms with Crippen LogP contribution in [0.15, 0.2) is 53.5 Å². The first-order valence-electron chi connectivity index (χ1n) is 7.15. The van der Waals surface area contributed by atoms with Gasteiger partial charge in [0.2, 0.25) is 5.43 Å². The van der Waals surface area contributed by atoms with E-state index in [1.165, 1.54) is 6.07 Å². The van der Waals surface area contributed by atoms with E-state index in [9.17, 15) is 9.90 Å². The van der Waals surface area contributed by atoms with Gasteiger partial charge in [-0.05, 0) is 47.9 Å². The Balaban J connectivity index is 2.29. The third-order valence-corrected chi connectivity index (χ3v) is 3.63. The monoisotopic (exact) mass is 292 g/mol. The van der Waals surface area contributed by atoms with Crippen molar-refractivity contribution in [3.05, 3.63) is 64.4 Å². The maximum Gasteiger partial charge on any atom is 0.220 e. The summed E-state index contributed by atoms with van der Waals surface area (Å²) in [5.74, 6) is -0.0433. The second kappa shape index (κ2) is 5.56. The Morgan fingerprint density at radius 1 is 1.09 bits per heavy atom. The smallest absolute Gasteiger partial charge is 0.220 e. The largest absolute Gasteiger partial charge is 0.504 e. The summed E-state index contributed by atoms with van der Waals surface area (Å²) in [7, 11) is 0. The third kappa shape index (κ3) is 2.55. The highest BCUT2D eigenvalue weighted by Crippen LogP contribution is 2.28. The molecule has 0 amide bonds. The Morgan fingerprint density at radius 2 is 1.91 bits per heavy atom. The first-order chi connectivity index (χ1) is 10.6. The minimum Gasteiger partial charge on any atom is -0.504 e. The lowest BCUT2D eigenvalue weighted by Crippen LogP contribution is -1.95. The standard InChI is InChI=1S/C18H16N2O2/c1-11(2)13-6-8-16(21)17(22)14(10-13)15-7-5-12-4-3-9-19-18(12)20-15/h3-11H,1-2H3,(H,21,22). The van der Waals surface area contributed by atoms with Crippen molar-refractivity contribution < 1.29 is 5.11 Å². The minimum atomic E-state index is -0.412. The Labute approximate surface area is 128 Å². The molecule has 0 radical (unpaired) electrons. The number of fused-ring (bicyclic) bond motifs is 1. The Bertz CT molecular complexity index is 904. The van der Waals surface area contributed by atoms with E-state index in [1.807, 2.05) is 38.1 Å². The lowest BCUT2D eigenvalue weighted by molar-refractivity contribution is 0.473. The quantitative estimate of drug-likeness (QED) is 0.785. The fourth-order valence-electron chi connectivity index (χ4n) is 2.32. The second-order valence-corrected chi connectivity index (χ2v) is 5.51. The van der Waals surface area contributed by atoms with Crippen LogP contribution < -0.4 is 5.43 Å². The summed E-state index contributed by atoms with van der Waals surface area (Å²) in [6, 6.07) is 12.4.